The van der Waals surface area contributed by atoms with E-state index >= 15 is 0 Å². The van der Waals surface area contributed by atoms with Crippen LogP contribution in [0.2, 0.25) is 0 Å². The molecular weight excluding hydrogens is 328 g/mol. The van der Waals surface area contributed by atoms with E-state index in [9.17, 15) is 9.00 Å². The second-order valence-corrected chi connectivity index (χ2v) is 8.05. The van der Waals surface area contributed by atoms with E-state index in [0.717, 1.165) is 29.7 Å². The zero-order chi connectivity index (χ0) is 16.2. The normalized spacial score (nSPS) is 18.0. The minimum Gasteiger partial charge on any atom is -0.334 e. The van der Waals surface area contributed by atoms with Crippen LogP contribution < -0.4 is 10.6 Å². The second kappa shape index (κ2) is 7.27. The fourth-order valence-corrected chi connectivity index (χ4v) is 4.33. The van der Waals surface area contributed by atoms with Gasteiger partial charge >= 0.3 is 6.03 Å². The Hall–Kier alpha value is -1.66. The maximum Gasteiger partial charge on any atom is 0.315 e. The van der Waals surface area contributed by atoms with Crippen LogP contribution >= 0.6 is 11.3 Å². The summed E-state index contributed by atoms with van der Waals surface area (Å²) in [6.07, 6.45) is 4.89. The molecule has 0 radical (unpaired) electrons. The molecule has 0 aliphatic heterocycles. The average molecular weight is 348 g/mol. The molecule has 2 N–H and O–H groups in total. The van der Waals surface area contributed by atoms with Crippen LogP contribution in [0.5, 0.6) is 0 Å². The Labute approximate surface area is 142 Å². The van der Waals surface area contributed by atoms with Crippen molar-refractivity contribution in [2.75, 3.05) is 6.26 Å². The maximum atomic E-state index is 12.1. The molecule has 2 atom stereocenters. The third-order valence-corrected chi connectivity index (χ3v) is 6.00. The molecule has 0 bridgehead atoms. The summed E-state index contributed by atoms with van der Waals surface area (Å²) in [5.41, 5.74) is 2.26. The molecule has 0 saturated heterocycles. The molecule has 0 saturated carbocycles. The number of hydrogen-bond donors (Lipinski definition) is 2. The minimum absolute atomic E-state index is 0.120. The number of benzene rings is 1. The highest BCUT2D eigenvalue weighted by atomic mass is 32.2. The Morgan fingerprint density at radius 1 is 1.30 bits per heavy atom. The lowest BCUT2D eigenvalue weighted by atomic mass is 9.94. The van der Waals surface area contributed by atoms with Gasteiger partial charge in [0, 0.05) is 33.4 Å². The van der Waals surface area contributed by atoms with E-state index in [0.29, 0.717) is 6.54 Å². The second-order valence-electron chi connectivity index (χ2n) is 5.67. The number of fused-ring (bicyclic) bond motifs is 1. The van der Waals surface area contributed by atoms with Crippen molar-refractivity contribution >= 4 is 28.2 Å². The lowest BCUT2D eigenvalue weighted by molar-refractivity contribution is 0.235. The quantitative estimate of drug-likeness (QED) is 0.890. The summed E-state index contributed by atoms with van der Waals surface area (Å²) in [5.74, 6) is 0. The molecule has 6 heteroatoms. The summed E-state index contributed by atoms with van der Waals surface area (Å²) >= 11 is 1.77. The third kappa shape index (κ3) is 4.00. The van der Waals surface area contributed by atoms with Gasteiger partial charge in [0.2, 0.25) is 0 Å². The molecule has 4 nitrogen and oxygen atoms in total. The first-order chi connectivity index (χ1) is 11.1. The van der Waals surface area contributed by atoms with E-state index in [1.165, 1.54) is 10.4 Å². The van der Waals surface area contributed by atoms with Crippen molar-refractivity contribution in [3.8, 4) is 0 Å². The fourth-order valence-electron chi connectivity index (χ4n) is 2.83. The van der Waals surface area contributed by atoms with Gasteiger partial charge in [-0.2, -0.15) is 0 Å². The molecule has 122 valence electrons. The number of hydrogen-bond acceptors (Lipinski definition) is 3. The predicted octanol–water partition coefficient (Wildman–Crippen LogP) is 3.36. The highest BCUT2D eigenvalue weighted by molar-refractivity contribution is 7.84. The van der Waals surface area contributed by atoms with Crippen LogP contribution in [0.1, 0.15) is 34.9 Å². The van der Waals surface area contributed by atoms with Crippen molar-refractivity contribution in [1.82, 2.24) is 10.6 Å². The Morgan fingerprint density at radius 3 is 2.83 bits per heavy atom. The summed E-state index contributed by atoms with van der Waals surface area (Å²) in [7, 11) is -0.971. The minimum atomic E-state index is -0.971. The van der Waals surface area contributed by atoms with E-state index in [1.807, 2.05) is 24.3 Å². The molecule has 1 aliphatic rings. The molecular formula is C17H20N2O2S2. The van der Waals surface area contributed by atoms with E-state index in [4.69, 9.17) is 0 Å². The summed E-state index contributed by atoms with van der Waals surface area (Å²) in [6.45, 7) is 0.464. The molecule has 1 aliphatic carbocycles. The van der Waals surface area contributed by atoms with E-state index in [1.54, 1.807) is 17.6 Å². The van der Waals surface area contributed by atoms with E-state index < -0.39 is 10.8 Å². The highest BCUT2D eigenvalue weighted by Crippen LogP contribution is 2.33. The summed E-state index contributed by atoms with van der Waals surface area (Å²) in [4.78, 5) is 14.3. The number of thiophene rings is 1. The summed E-state index contributed by atoms with van der Waals surface area (Å²) in [5, 5.41) is 8.06. The average Bonchev–Trinajstić information content (AvgIpc) is 3.03. The van der Waals surface area contributed by atoms with Crippen LogP contribution in [-0.2, 0) is 23.8 Å². The van der Waals surface area contributed by atoms with Gasteiger partial charge in [-0.3, -0.25) is 4.21 Å². The van der Waals surface area contributed by atoms with Gasteiger partial charge < -0.3 is 10.6 Å². The van der Waals surface area contributed by atoms with Gasteiger partial charge in [-0.1, -0.05) is 12.1 Å². The van der Waals surface area contributed by atoms with Crippen molar-refractivity contribution in [2.24, 2.45) is 0 Å². The zero-order valence-corrected chi connectivity index (χ0v) is 14.6. The van der Waals surface area contributed by atoms with Gasteiger partial charge in [-0.25, -0.2) is 4.79 Å². The molecule has 2 aromatic rings. The van der Waals surface area contributed by atoms with Gasteiger partial charge in [0.15, 0.2) is 0 Å². The van der Waals surface area contributed by atoms with Gasteiger partial charge in [0.25, 0.3) is 0 Å². The monoisotopic (exact) mass is 348 g/mol. The number of nitrogens with one attached hydrogen (secondary N) is 2. The largest absolute Gasteiger partial charge is 0.334 e. The Kier molecular flexibility index (Phi) is 5.13. The van der Waals surface area contributed by atoms with Crippen molar-refractivity contribution in [1.29, 1.82) is 0 Å². The van der Waals surface area contributed by atoms with Crippen LogP contribution in [0.4, 0.5) is 4.79 Å². The topological polar surface area (TPSA) is 58.2 Å². The third-order valence-electron chi connectivity index (χ3n) is 4.07. The molecule has 1 heterocycles. The highest BCUT2D eigenvalue weighted by Gasteiger charge is 2.22. The number of carbonyl (C=O) groups is 1. The van der Waals surface area contributed by atoms with Crippen LogP contribution in [0.3, 0.4) is 0 Å². The number of urea groups is 1. The predicted molar refractivity (Wildman–Crippen MR) is 94.1 cm³/mol. The summed E-state index contributed by atoms with van der Waals surface area (Å²) in [6, 6.07) is 9.57. The zero-order valence-electron chi connectivity index (χ0n) is 13.0. The van der Waals surface area contributed by atoms with Gasteiger partial charge in [0.05, 0.1) is 6.04 Å². The van der Waals surface area contributed by atoms with Crippen molar-refractivity contribution < 1.29 is 9.00 Å². The summed E-state index contributed by atoms with van der Waals surface area (Å²) < 4.78 is 11.4. The lowest BCUT2D eigenvalue weighted by Gasteiger charge is -2.23. The first-order valence-corrected chi connectivity index (χ1v) is 10.1. The van der Waals surface area contributed by atoms with Gasteiger partial charge in [-0.05, 0) is 54.0 Å². The van der Waals surface area contributed by atoms with E-state index in [-0.39, 0.29) is 12.1 Å². The SMILES string of the molecule is C[S@@](=O)c1ccc(CNC(=O)N[C@@H]2CCCc3sccc32)cc1. The van der Waals surface area contributed by atoms with Crippen LogP contribution in [0.15, 0.2) is 40.6 Å². The van der Waals surface area contributed by atoms with Gasteiger partial charge in [-0.15, -0.1) is 11.3 Å². The first-order valence-electron chi connectivity index (χ1n) is 7.66. The Bertz CT molecular complexity index is 710. The maximum absolute atomic E-state index is 12.1. The molecule has 23 heavy (non-hydrogen) atoms. The van der Waals surface area contributed by atoms with Crippen LogP contribution in [-0.4, -0.2) is 16.5 Å². The molecule has 1 aromatic carbocycles. The smallest absolute Gasteiger partial charge is 0.315 e. The van der Waals surface area contributed by atoms with Crippen molar-refractivity contribution in [3.63, 3.8) is 0 Å². The fraction of sp³-hybridized carbons (Fsp3) is 0.353. The Morgan fingerprint density at radius 2 is 2.09 bits per heavy atom. The van der Waals surface area contributed by atoms with Crippen LogP contribution in [0, 0.1) is 0 Å². The molecule has 1 aromatic heterocycles. The number of aryl methyl sites for hydroxylation is 1. The molecule has 0 fully saturated rings. The Balaban J connectivity index is 1.53. The van der Waals surface area contributed by atoms with Crippen molar-refractivity contribution in [2.45, 2.75) is 36.7 Å². The standard InChI is InChI=1S/C17H20N2O2S2/c1-23(21)13-7-5-12(6-8-13)11-18-17(20)19-15-3-2-4-16-14(15)9-10-22-16/h5-10,15H,2-4,11H2,1H3,(H2,18,19,20)/t15-,23-/m1/s1. The molecule has 0 unspecified atom stereocenters. The van der Waals surface area contributed by atoms with Crippen molar-refractivity contribution in [3.05, 3.63) is 51.7 Å². The number of amides is 2. The number of carbonyl (C=O) groups excluding carboxylic acids is 1. The molecule has 2 amide bonds. The van der Waals surface area contributed by atoms with Gasteiger partial charge in [0.1, 0.15) is 0 Å². The molecule has 3 rings (SSSR count). The first kappa shape index (κ1) is 16.2. The number of rotatable bonds is 4. The van der Waals surface area contributed by atoms with Crippen LogP contribution in [0.25, 0.3) is 0 Å². The van der Waals surface area contributed by atoms with E-state index in [2.05, 4.69) is 22.1 Å². The lowest BCUT2D eigenvalue weighted by Crippen LogP contribution is -2.38. The molecule has 0 spiro atoms.